The summed E-state index contributed by atoms with van der Waals surface area (Å²) >= 11 is 0. The van der Waals surface area contributed by atoms with Crippen LogP contribution in [0.25, 0.3) is 0 Å². The largest absolute Gasteiger partial charge is 0.381 e. The molecule has 1 N–H and O–H groups in total. The lowest BCUT2D eigenvalue weighted by Crippen LogP contribution is -2.50. The minimum Gasteiger partial charge on any atom is -0.381 e. The molecule has 1 heterocycles. The van der Waals surface area contributed by atoms with Crippen LogP contribution in [-0.4, -0.2) is 50.8 Å². The lowest BCUT2D eigenvalue weighted by atomic mass is 9.81. The third-order valence-corrected chi connectivity index (χ3v) is 4.41. The molecule has 0 aromatic heterocycles. The lowest BCUT2D eigenvalue weighted by molar-refractivity contribution is -0.0307. The molecule has 1 aliphatic heterocycles. The van der Waals surface area contributed by atoms with E-state index in [-0.39, 0.29) is 0 Å². The number of nitrogens with one attached hydrogen (secondary N) is 1. The molecule has 1 aliphatic carbocycles. The van der Waals surface area contributed by atoms with Gasteiger partial charge in [0.05, 0.1) is 6.61 Å². The van der Waals surface area contributed by atoms with Crippen LogP contribution in [0.15, 0.2) is 0 Å². The highest BCUT2D eigenvalue weighted by molar-refractivity contribution is 4.89. The van der Waals surface area contributed by atoms with Gasteiger partial charge in [0.1, 0.15) is 0 Å². The SMILES string of the molecule is CNCC1(CN(CC2CC2)C(C)C)CCCOC1. The molecule has 2 aliphatic rings. The van der Waals surface area contributed by atoms with Crippen molar-refractivity contribution in [2.75, 3.05) is 39.9 Å². The molecule has 3 heteroatoms. The monoisotopic (exact) mass is 254 g/mol. The minimum absolute atomic E-state index is 0.339. The summed E-state index contributed by atoms with van der Waals surface area (Å²) in [6, 6.07) is 0.654. The molecule has 1 saturated carbocycles. The fourth-order valence-corrected chi connectivity index (χ4v) is 3.13. The first-order chi connectivity index (χ1) is 8.65. The molecule has 0 radical (unpaired) electrons. The van der Waals surface area contributed by atoms with Gasteiger partial charge in [-0.05, 0) is 52.5 Å². The van der Waals surface area contributed by atoms with Crippen LogP contribution in [0, 0.1) is 11.3 Å². The summed E-state index contributed by atoms with van der Waals surface area (Å²) in [7, 11) is 2.07. The predicted octanol–water partition coefficient (Wildman–Crippen LogP) is 2.12. The molecule has 3 nitrogen and oxygen atoms in total. The molecule has 0 aromatic carbocycles. The van der Waals surface area contributed by atoms with Crippen LogP contribution >= 0.6 is 0 Å². The average molecular weight is 254 g/mol. The van der Waals surface area contributed by atoms with Crippen molar-refractivity contribution in [3.05, 3.63) is 0 Å². The van der Waals surface area contributed by atoms with Crippen LogP contribution in [-0.2, 0) is 4.74 Å². The van der Waals surface area contributed by atoms with E-state index in [9.17, 15) is 0 Å². The molecule has 0 spiro atoms. The summed E-state index contributed by atoms with van der Waals surface area (Å²) in [5.74, 6) is 0.976. The zero-order valence-electron chi connectivity index (χ0n) is 12.4. The van der Waals surface area contributed by atoms with E-state index >= 15 is 0 Å². The number of rotatable bonds is 7. The van der Waals surface area contributed by atoms with Crippen LogP contribution in [0.5, 0.6) is 0 Å². The Labute approximate surface area is 112 Å². The summed E-state index contributed by atoms with van der Waals surface area (Å²) < 4.78 is 5.77. The maximum atomic E-state index is 5.77. The summed E-state index contributed by atoms with van der Waals surface area (Å²) in [6.45, 7) is 10.1. The van der Waals surface area contributed by atoms with Crippen molar-refractivity contribution < 1.29 is 4.74 Å². The Morgan fingerprint density at radius 2 is 2.17 bits per heavy atom. The van der Waals surface area contributed by atoms with Crippen molar-refractivity contribution in [1.29, 1.82) is 0 Å². The Balaban J connectivity index is 1.95. The highest BCUT2D eigenvalue weighted by Crippen LogP contribution is 2.34. The first-order valence-electron chi connectivity index (χ1n) is 7.62. The van der Waals surface area contributed by atoms with Gasteiger partial charge in [0, 0.05) is 37.7 Å². The molecule has 2 rings (SSSR count). The molecule has 0 amide bonds. The zero-order valence-corrected chi connectivity index (χ0v) is 12.4. The number of hydrogen-bond donors (Lipinski definition) is 1. The summed E-state index contributed by atoms with van der Waals surface area (Å²) in [6.07, 6.45) is 5.41. The molecular formula is C15H30N2O. The summed E-state index contributed by atoms with van der Waals surface area (Å²) in [4.78, 5) is 2.68. The zero-order chi connectivity index (χ0) is 13.0. The van der Waals surface area contributed by atoms with Gasteiger partial charge in [0.15, 0.2) is 0 Å². The molecule has 2 fully saturated rings. The second-order valence-corrected chi connectivity index (χ2v) is 6.65. The normalized spacial score (nSPS) is 29.2. The van der Waals surface area contributed by atoms with Gasteiger partial charge in [-0.2, -0.15) is 0 Å². The summed E-state index contributed by atoms with van der Waals surface area (Å²) in [5, 5.41) is 3.38. The molecular weight excluding hydrogens is 224 g/mol. The third kappa shape index (κ3) is 3.94. The van der Waals surface area contributed by atoms with Crippen LogP contribution < -0.4 is 5.32 Å². The topological polar surface area (TPSA) is 24.5 Å². The number of ether oxygens (including phenoxy) is 1. The standard InChI is InChI=1S/C15H30N2O/c1-13(2)17(9-14-5-6-14)11-15(10-16-3)7-4-8-18-12-15/h13-14,16H,4-12H2,1-3H3. The quantitative estimate of drug-likeness (QED) is 0.753. The van der Waals surface area contributed by atoms with E-state index in [1.807, 2.05) is 0 Å². The van der Waals surface area contributed by atoms with Crippen LogP contribution in [0.4, 0.5) is 0 Å². The predicted molar refractivity (Wildman–Crippen MR) is 75.8 cm³/mol. The van der Waals surface area contributed by atoms with Gasteiger partial charge in [0.2, 0.25) is 0 Å². The van der Waals surface area contributed by atoms with Gasteiger partial charge >= 0.3 is 0 Å². The van der Waals surface area contributed by atoms with E-state index in [1.54, 1.807) is 0 Å². The Bertz CT molecular complexity index is 239. The van der Waals surface area contributed by atoms with Crippen molar-refractivity contribution in [3.63, 3.8) is 0 Å². The molecule has 1 saturated heterocycles. The van der Waals surface area contributed by atoms with E-state index in [4.69, 9.17) is 4.74 Å². The van der Waals surface area contributed by atoms with Crippen LogP contribution in [0.1, 0.15) is 39.5 Å². The molecule has 106 valence electrons. The maximum Gasteiger partial charge on any atom is 0.0546 e. The van der Waals surface area contributed by atoms with Crippen molar-refractivity contribution >= 4 is 0 Å². The van der Waals surface area contributed by atoms with Crippen LogP contribution in [0.3, 0.4) is 0 Å². The third-order valence-electron chi connectivity index (χ3n) is 4.41. The first-order valence-corrected chi connectivity index (χ1v) is 7.62. The van der Waals surface area contributed by atoms with Crippen molar-refractivity contribution in [3.8, 4) is 0 Å². The Hall–Kier alpha value is -0.120. The van der Waals surface area contributed by atoms with Gasteiger partial charge in [-0.25, -0.2) is 0 Å². The molecule has 0 aromatic rings. The number of hydrogen-bond acceptors (Lipinski definition) is 3. The van der Waals surface area contributed by atoms with E-state index in [2.05, 4.69) is 31.1 Å². The first kappa shape index (κ1) is 14.3. The van der Waals surface area contributed by atoms with Gasteiger partial charge in [0.25, 0.3) is 0 Å². The molecule has 1 unspecified atom stereocenters. The lowest BCUT2D eigenvalue weighted by Gasteiger charge is -2.42. The molecule has 0 bridgehead atoms. The summed E-state index contributed by atoms with van der Waals surface area (Å²) in [5.41, 5.74) is 0.339. The highest BCUT2D eigenvalue weighted by Gasteiger charge is 2.36. The average Bonchev–Trinajstić information content (AvgIpc) is 3.13. The fraction of sp³-hybridized carbons (Fsp3) is 1.00. The van der Waals surface area contributed by atoms with E-state index < -0.39 is 0 Å². The van der Waals surface area contributed by atoms with E-state index in [0.717, 1.165) is 25.7 Å². The van der Waals surface area contributed by atoms with E-state index in [1.165, 1.54) is 38.8 Å². The second-order valence-electron chi connectivity index (χ2n) is 6.65. The Morgan fingerprint density at radius 1 is 1.39 bits per heavy atom. The van der Waals surface area contributed by atoms with Crippen molar-refractivity contribution in [2.24, 2.45) is 11.3 Å². The van der Waals surface area contributed by atoms with Crippen molar-refractivity contribution in [1.82, 2.24) is 10.2 Å². The smallest absolute Gasteiger partial charge is 0.0546 e. The van der Waals surface area contributed by atoms with E-state index in [0.29, 0.717) is 11.5 Å². The van der Waals surface area contributed by atoms with Crippen molar-refractivity contribution in [2.45, 2.75) is 45.6 Å². The number of nitrogens with zero attached hydrogens (tertiary/aromatic N) is 1. The van der Waals surface area contributed by atoms with Gasteiger partial charge < -0.3 is 10.1 Å². The highest BCUT2D eigenvalue weighted by atomic mass is 16.5. The van der Waals surface area contributed by atoms with Gasteiger partial charge in [-0.3, -0.25) is 4.90 Å². The fourth-order valence-electron chi connectivity index (χ4n) is 3.13. The molecule has 1 atom stereocenters. The van der Waals surface area contributed by atoms with Gasteiger partial charge in [-0.1, -0.05) is 0 Å². The minimum atomic E-state index is 0.339. The maximum absolute atomic E-state index is 5.77. The van der Waals surface area contributed by atoms with Gasteiger partial charge in [-0.15, -0.1) is 0 Å². The second kappa shape index (κ2) is 6.36. The van der Waals surface area contributed by atoms with Crippen LogP contribution in [0.2, 0.25) is 0 Å². The Morgan fingerprint density at radius 3 is 2.67 bits per heavy atom. The Kier molecular flexibility index (Phi) is 5.05. The molecule has 18 heavy (non-hydrogen) atoms.